The highest BCUT2D eigenvalue weighted by molar-refractivity contribution is 7.12. The maximum atomic E-state index is 13.0. The average molecular weight is 503 g/mol. The molecule has 0 saturated carbocycles. The monoisotopic (exact) mass is 502 g/mol. The summed E-state index contributed by atoms with van der Waals surface area (Å²) < 4.78 is 11.0. The Hall–Kier alpha value is -3.89. The Morgan fingerprint density at radius 1 is 1.17 bits per heavy atom. The fourth-order valence-corrected chi connectivity index (χ4v) is 5.39. The summed E-state index contributed by atoms with van der Waals surface area (Å²) in [5.41, 5.74) is 9.39. The second kappa shape index (κ2) is 10.4. The molecule has 0 aliphatic carbocycles. The van der Waals surface area contributed by atoms with E-state index in [2.05, 4.69) is 20.3 Å². The molecule has 2 aromatic carbocycles. The number of nitrogens with two attached hydrogens (primary N) is 1. The summed E-state index contributed by atoms with van der Waals surface area (Å²) in [7, 11) is 0. The number of hydrogen-bond donors (Lipinski definition) is 3. The van der Waals surface area contributed by atoms with Crippen molar-refractivity contribution < 1.29 is 14.3 Å². The molecule has 2 aliphatic heterocycles. The number of thiazole rings is 1. The first-order valence-corrected chi connectivity index (χ1v) is 12.5. The van der Waals surface area contributed by atoms with Crippen LogP contribution in [0.4, 0.5) is 5.69 Å². The number of anilines is 1. The number of nitrogens with zero attached hydrogens (tertiary/aromatic N) is 3. The first-order valence-electron chi connectivity index (χ1n) is 11.7. The third-order valence-corrected chi connectivity index (χ3v) is 7.13. The maximum absolute atomic E-state index is 13.0. The predicted octanol–water partition coefficient (Wildman–Crippen LogP) is 3.82. The Morgan fingerprint density at radius 2 is 1.89 bits per heavy atom. The molecule has 9 nitrogen and oxygen atoms in total. The molecule has 1 atom stereocenters. The van der Waals surface area contributed by atoms with Crippen molar-refractivity contribution in [3.05, 3.63) is 81.3 Å². The molecular formula is C26H26N6O3S. The third-order valence-electron chi connectivity index (χ3n) is 6.00. The number of ether oxygens (including phenoxy) is 2. The van der Waals surface area contributed by atoms with Gasteiger partial charge in [0.2, 0.25) is 12.1 Å². The molecule has 1 amide bonds. The van der Waals surface area contributed by atoms with Gasteiger partial charge in [-0.2, -0.15) is 4.99 Å². The zero-order valence-corrected chi connectivity index (χ0v) is 20.5. The van der Waals surface area contributed by atoms with Crippen LogP contribution in [-0.2, 0) is 14.3 Å². The molecule has 1 saturated heterocycles. The van der Waals surface area contributed by atoms with Crippen LogP contribution in [0.15, 0.2) is 64.6 Å². The van der Waals surface area contributed by atoms with Crippen LogP contribution in [0.1, 0.15) is 45.5 Å². The van der Waals surface area contributed by atoms with Crippen LogP contribution >= 0.6 is 11.3 Å². The van der Waals surface area contributed by atoms with Gasteiger partial charge in [0.05, 0.1) is 16.4 Å². The van der Waals surface area contributed by atoms with Crippen LogP contribution in [-0.4, -0.2) is 47.9 Å². The van der Waals surface area contributed by atoms with Gasteiger partial charge in [0, 0.05) is 35.1 Å². The summed E-state index contributed by atoms with van der Waals surface area (Å²) in [4.78, 5) is 27.4. The number of carbonyl (C=O) groups is 1. The number of benzodiazepines with no additional fused rings is 1. The first-order chi connectivity index (χ1) is 17.5. The van der Waals surface area contributed by atoms with Crippen molar-refractivity contribution in [1.29, 1.82) is 5.41 Å². The zero-order valence-electron chi connectivity index (χ0n) is 19.7. The average Bonchev–Trinajstić information content (AvgIpc) is 3.23. The summed E-state index contributed by atoms with van der Waals surface area (Å²) in [6, 6.07) is 16.7. The Bertz CT molecular complexity index is 1340. The summed E-state index contributed by atoms with van der Waals surface area (Å²) in [6.45, 7) is 3.26. The van der Waals surface area contributed by atoms with Crippen molar-refractivity contribution in [2.24, 2.45) is 15.7 Å². The van der Waals surface area contributed by atoms with Crippen LogP contribution in [0.25, 0.3) is 0 Å². The fraction of sp³-hybridized carbons (Fsp3) is 0.269. The van der Waals surface area contributed by atoms with Crippen molar-refractivity contribution >= 4 is 40.6 Å². The quantitative estimate of drug-likeness (QED) is 0.368. The number of aliphatic imine (C=N–C) groups is 2. The van der Waals surface area contributed by atoms with Gasteiger partial charge in [0.15, 0.2) is 0 Å². The Morgan fingerprint density at radius 3 is 2.67 bits per heavy atom. The Labute approximate surface area is 212 Å². The van der Waals surface area contributed by atoms with E-state index in [1.165, 1.54) is 0 Å². The molecule has 0 spiro atoms. The van der Waals surface area contributed by atoms with Gasteiger partial charge in [-0.25, -0.2) is 9.98 Å². The van der Waals surface area contributed by atoms with Crippen LogP contribution in [0, 0.1) is 12.3 Å². The molecule has 0 bridgehead atoms. The van der Waals surface area contributed by atoms with Crippen molar-refractivity contribution in [1.82, 2.24) is 4.98 Å². The van der Waals surface area contributed by atoms with E-state index < -0.39 is 12.1 Å². The molecule has 10 heteroatoms. The number of benzene rings is 2. The molecule has 36 heavy (non-hydrogen) atoms. The first kappa shape index (κ1) is 23.8. The highest BCUT2D eigenvalue weighted by atomic mass is 32.1. The van der Waals surface area contributed by atoms with E-state index in [0.29, 0.717) is 30.3 Å². The number of hydrogen-bond acceptors (Lipinski definition) is 8. The molecular weight excluding hydrogens is 476 g/mol. The summed E-state index contributed by atoms with van der Waals surface area (Å²) in [5, 5.41) is 12.2. The second-order valence-electron chi connectivity index (χ2n) is 8.48. The number of carbonyl (C=O) groups excluding carboxylic acids is 1. The summed E-state index contributed by atoms with van der Waals surface area (Å²) >= 11 is 1.55. The Balaban J connectivity index is 1.42. The van der Waals surface area contributed by atoms with E-state index in [0.717, 1.165) is 33.9 Å². The number of aryl methyl sites for hydroxylation is 1. The van der Waals surface area contributed by atoms with Crippen LogP contribution in [0.2, 0.25) is 0 Å². The van der Waals surface area contributed by atoms with Crippen LogP contribution in [0.5, 0.6) is 0 Å². The van der Waals surface area contributed by atoms with Crippen molar-refractivity contribution in [3.63, 3.8) is 0 Å². The molecule has 4 N–H and O–H groups in total. The summed E-state index contributed by atoms with van der Waals surface area (Å²) in [6.07, 6.45) is 0.545. The van der Waals surface area contributed by atoms with Crippen molar-refractivity contribution in [2.75, 3.05) is 18.5 Å². The maximum Gasteiger partial charge on any atom is 0.291 e. The van der Waals surface area contributed by atoms with Gasteiger partial charge in [-0.3, -0.25) is 10.2 Å². The third kappa shape index (κ3) is 5.05. The molecule has 0 radical (unpaired) electrons. The largest absolute Gasteiger partial charge is 0.405 e. The normalized spacial score (nSPS) is 18.6. The van der Waals surface area contributed by atoms with Gasteiger partial charge in [0.1, 0.15) is 5.69 Å². The molecule has 2 aliphatic rings. The zero-order chi connectivity index (χ0) is 25.1. The molecule has 5 rings (SSSR count). The summed E-state index contributed by atoms with van der Waals surface area (Å²) in [5.74, 6) is -0.392. The van der Waals surface area contributed by atoms with Crippen molar-refractivity contribution in [3.8, 4) is 0 Å². The molecule has 3 aromatic rings. The van der Waals surface area contributed by atoms with Gasteiger partial charge < -0.3 is 20.5 Å². The predicted molar refractivity (Wildman–Crippen MR) is 140 cm³/mol. The highest BCUT2D eigenvalue weighted by Gasteiger charge is 2.28. The number of amidine groups is 1. The van der Waals surface area contributed by atoms with Crippen molar-refractivity contribution in [2.45, 2.75) is 31.8 Å². The number of amides is 1. The lowest BCUT2D eigenvalue weighted by atomic mass is 9.97. The molecule has 1 fully saturated rings. The van der Waals surface area contributed by atoms with Gasteiger partial charge in [-0.1, -0.05) is 48.5 Å². The van der Waals surface area contributed by atoms with Gasteiger partial charge in [0.25, 0.3) is 11.9 Å². The lowest BCUT2D eigenvalue weighted by molar-refractivity contribution is -0.117. The molecule has 1 unspecified atom stereocenters. The van der Waals surface area contributed by atoms with Gasteiger partial charge in [-0.05, 0) is 25.8 Å². The highest BCUT2D eigenvalue weighted by Crippen LogP contribution is 2.34. The minimum Gasteiger partial charge on any atom is -0.405 e. The van der Waals surface area contributed by atoms with Gasteiger partial charge in [-0.15, -0.1) is 11.3 Å². The number of nitrogens with one attached hydrogen (secondary N) is 2. The second-order valence-corrected chi connectivity index (χ2v) is 9.72. The number of aromatic nitrogens is 1. The molecule has 3 heterocycles. The minimum atomic E-state index is -1.19. The smallest absolute Gasteiger partial charge is 0.291 e. The Kier molecular flexibility index (Phi) is 6.88. The lowest BCUT2D eigenvalue weighted by Crippen LogP contribution is -2.29. The number of fused-ring (bicyclic) bond motifs is 1. The minimum absolute atomic E-state index is 0.202. The van der Waals surface area contributed by atoms with Crippen LogP contribution < -0.4 is 11.1 Å². The van der Waals surface area contributed by atoms with E-state index in [-0.39, 0.29) is 17.8 Å². The lowest BCUT2D eigenvalue weighted by Gasteiger charge is -2.21. The fourth-order valence-electron chi connectivity index (χ4n) is 4.30. The molecule has 184 valence electrons. The number of para-hydroxylation sites is 1. The van der Waals surface area contributed by atoms with Crippen LogP contribution in [0.3, 0.4) is 0 Å². The van der Waals surface area contributed by atoms with Gasteiger partial charge >= 0.3 is 0 Å². The number of rotatable bonds is 4. The van der Waals surface area contributed by atoms with E-state index >= 15 is 0 Å². The molecule has 1 aromatic heterocycles. The van der Waals surface area contributed by atoms with E-state index in [1.807, 2.05) is 61.5 Å². The van der Waals surface area contributed by atoms with E-state index in [9.17, 15) is 4.79 Å². The van der Waals surface area contributed by atoms with E-state index in [1.54, 1.807) is 11.3 Å². The SMILES string of the molecule is Cc1nc(C(=N)O/C(N)=N/C2N=C(c3ccccc3)c3ccccc3NC2=O)c(C2CCOCC2)s1. The topological polar surface area (TPSA) is 135 Å². The van der Waals surface area contributed by atoms with E-state index in [4.69, 9.17) is 20.6 Å². The standard InChI is InChI=1S/C26H26N6O3S/c1-15-29-21(22(36-15)17-11-13-34-14-12-17)23(27)35-26(28)32-24-25(33)30-19-10-6-5-9-18(19)20(31-24)16-7-3-2-4-8-16/h2-10,17,24,27H,11-14H2,1H3,(H2,28,32)(H,30,33).